The average molecular weight is 177 g/mol. The lowest BCUT2D eigenvalue weighted by Gasteiger charge is -2.35. The van der Waals surface area contributed by atoms with Crippen LogP contribution >= 0.6 is 0 Å². The Morgan fingerprint density at radius 1 is 1.38 bits per heavy atom. The Morgan fingerprint density at radius 3 is 3.38 bits per heavy atom. The number of nitrogens with one attached hydrogen (secondary N) is 2. The van der Waals surface area contributed by atoms with Crippen molar-refractivity contribution in [2.75, 3.05) is 6.54 Å². The van der Waals surface area contributed by atoms with Crippen molar-refractivity contribution in [2.24, 2.45) is 5.92 Å². The van der Waals surface area contributed by atoms with Gasteiger partial charge in [0.1, 0.15) is 0 Å². The molecule has 0 bridgehead atoms. The predicted octanol–water partition coefficient (Wildman–Crippen LogP) is 0.876. The molecule has 2 aliphatic rings. The van der Waals surface area contributed by atoms with Crippen molar-refractivity contribution in [1.82, 2.24) is 15.5 Å². The molecule has 1 aliphatic carbocycles. The minimum atomic E-state index is 0.721. The first-order valence-electron chi connectivity index (χ1n) is 5.18. The van der Waals surface area contributed by atoms with Crippen molar-refractivity contribution in [3.8, 4) is 0 Å². The smallest absolute Gasteiger partial charge is 0.0522 e. The standard InChI is InChI=1S/C10H15N3/c1-2-7-4-10-8(6-12-13-10)5-9(7)11-3-1/h6-7,9,11H,1-5H2,(H,12,13). The summed E-state index contributed by atoms with van der Waals surface area (Å²) in [4.78, 5) is 0. The average Bonchev–Trinajstić information content (AvgIpc) is 2.61. The van der Waals surface area contributed by atoms with E-state index in [-0.39, 0.29) is 0 Å². The fourth-order valence-electron chi connectivity index (χ4n) is 2.69. The van der Waals surface area contributed by atoms with E-state index < -0.39 is 0 Å². The summed E-state index contributed by atoms with van der Waals surface area (Å²) < 4.78 is 0. The first kappa shape index (κ1) is 7.56. The van der Waals surface area contributed by atoms with Gasteiger partial charge in [0, 0.05) is 11.7 Å². The molecule has 70 valence electrons. The van der Waals surface area contributed by atoms with E-state index in [4.69, 9.17) is 0 Å². The Kier molecular flexibility index (Phi) is 1.65. The number of fused-ring (bicyclic) bond motifs is 2. The summed E-state index contributed by atoms with van der Waals surface area (Å²) in [6.45, 7) is 1.20. The highest BCUT2D eigenvalue weighted by Gasteiger charge is 2.30. The molecule has 2 heterocycles. The third-order valence-electron chi connectivity index (χ3n) is 3.44. The van der Waals surface area contributed by atoms with Crippen LogP contribution in [0.15, 0.2) is 6.20 Å². The third-order valence-corrected chi connectivity index (χ3v) is 3.44. The van der Waals surface area contributed by atoms with Gasteiger partial charge in [-0.25, -0.2) is 0 Å². The first-order valence-corrected chi connectivity index (χ1v) is 5.18. The number of piperidine rings is 1. The largest absolute Gasteiger partial charge is 0.313 e. The maximum atomic E-state index is 4.11. The van der Waals surface area contributed by atoms with E-state index in [0.29, 0.717) is 0 Å². The molecule has 1 aromatic rings. The van der Waals surface area contributed by atoms with E-state index in [1.165, 1.54) is 43.5 Å². The second-order valence-corrected chi connectivity index (χ2v) is 4.24. The Hall–Kier alpha value is -0.830. The molecule has 0 aromatic carbocycles. The molecule has 1 saturated heterocycles. The maximum Gasteiger partial charge on any atom is 0.0522 e. The lowest BCUT2D eigenvalue weighted by atomic mass is 9.79. The second kappa shape index (κ2) is 2.84. The van der Waals surface area contributed by atoms with E-state index in [9.17, 15) is 0 Å². The van der Waals surface area contributed by atoms with E-state index >= 15 is 0 Å². The monoisotopic (exact) mass is 177 g/mol. The number of hydrogen-bond donors (Lipinski definition) is 2. The van der Waals surface area contributed by atoms with Gasteiger partial charge in [-0.3, -0.25) is 5.10 Å². The molecular weight excluding hydrogens is 162 g/mol. The summed E-state index contributed by atoms with van der Waals surface area (Å²) in [7, 11) is 0. The zero-order valence-electron chi connectivity index (χ0n) is 7.71. The molecule has 0 amide bonds. The number of aromatic amines is 1. The normalized spacial score (nSPS) is 32.3. The molecule has 0 radical (unpaired) electrons. The van der Waals surface area contributed by atoms with Crippen LogP contribution in [-0.2, 0) is 12.8 Å². The van der Waals surface area contributed by atoms with Crippen LogP contribution in [0.5, 0.6) is 0 Å². The maximum absolute atomic E-state index is 4.11. The molecule has 1 aliphatic heterocycles. The third kappa shape index (κ3) is 1.18. The highest BCUT2D eigenvalue weighted by Crippen LogP contribution is 2.29. The van der Waals surface area contributed by atoms with Crippen molar-refractivity contribution in [3.05, 3.63) is 17.5 Å². The van der Waals surface area contributed by atoms with Gasteiger partial charge in [-0.1, -0.05) is 0 Å². The number of H-pyrrole nitrogens is 1. The summed E-state index contributed by atoms with van der Waals surface area (Å²) in [5.41, 5.74) is 2.81. The molecule has 2 atom stereocenters. The van der Waals surface area contributed by atoms with Crippen LogP contribution in [0.1, 0.15) is 24.1 Å². The molecule has 2 unspecified atom stereocenters. The van der Waals surface area contributed by atoms with Crippen LogP contribution in [0.3, 0.4) is 0 Å². The van der Waals surface area contributed by atoms with Gasteiger partial charge >= 0.3 is 0 Å². The quantitative estimate of drug-likeness (QED) is 0.617. The fraction of sp³-hybridized carbons (Fsp3) is 0.700. The second-order valence-electron chi connectivity index (χ2n) is 4.24. The Labute approximate surface area is 77.9 Å². The SMILES string of the molecule is c1n[nH]c2c1CC1NCCCC1C2. The Bertz CT molecular complexity index is 276. The molecule has 1 fully saturated rings. The van der Waals surface area contributed by atoms with Crippen LogP contribution in [0, 0.1) is 5.92 Å². The molecule has 3 rings (SSSR count). The van der Waals surface area contributed by atoms with Crippen LogP contribution in [0.25, 0.3) is 0 Å². The van der Waals surface area contributed by atoms with Crippen molar-refractivity contribution >= 4 is 0 Å². The summed E-state index contributed by atoms with van der Waals surface area (Å²) in [5.74, 6) is 0.849. The molecule has 13 heavy (non-hydrogen) atoms. The first-order chi connectivity index (χ1) is 6.43. The highest BCUT2D eigenvalue weighted by atomic mass is 15.1. The Balaban J connectivity index is 1.89. The lowest BCUT2D eigenvalue weighted by molar-refractivity contribution is 0.262. The number of hydrogen-bond acceptors (Lipinski definition) is 2. The molecule has 2 N–H and O–H groups in total. The molecule has 0 saturated carbocycles. The summed E-state index contributed by atoms with van der Waals surface area (Å²) in [6, 6.07) is 0.721. The van der Waals surface area contributed by atoms with Crippen molar-refractivity contribution < 1.29 is 0 Å². The van der Waals surface area contributed by atoms with Gasteiger partial charge < -0.3 is 5.32 Å². The van der Waals surface area contributed by atoms with Crippen molar-refractivity contribution in [1.29, 1.82) is 0 Å². The van der Waals surface area contributed by atoms with Crippen LogP contribution < -0.4 is 5.32 Å². The number of nitrogens with zero attached hydrogens (tertiary/aromatic N) is 1. The van der Waals surface area contributed by atoms with Crippen LogP contribution in [0.4, 0.5) is 0 Å². The predicted molar refractivity (Wildman–Crippen MR) is 50.5 cm³/mol. The molecule has 1 aromatic heterocycles. The highest BCUT2D eigenvalue weighted by molar-refractivity contribution is 5.22. The molecular formula is C10H15N3. The zero-order valence-corrected chi connectivity index (χ0v) is 7.71. The number of rotatable bonds is 0. The van der Waals surface area contributed by atoms with Crippen molar-refractivity contribution in [3.63, 3.8) is 0 Å². The minimum absolute atomic E-state index is 0.721. The molecule has 0 spiro atoms. The minimum Gasteiger partial charge on any atom is -0.313 e. The van der Waals surface area contributed by atoms with Crippen molar-refractivity contribution in [2.45, 2.75) is 31.7 Å². The van der Waals surface area contributed by atoms with E-state index in [0.717, 1.165) is 12.0 Å². The summed E-state index contributed by atoms with van der Waals surface area (Å²) in [5, 5.41) is 10.8. The fourth-order valence-corrected chi connectivity index (χ4v) is 2.69. The van der Waals surface area contributed by atoms with E-state index in [2.05, 4.69) is 15.5 Å². The Morgan fingerprint density at radius 2 is 2.38 bits per heavy atom. The summed E-state index contributed by atoms with van der Waals surface area (Å²) in [6.07, 6.45) is 7.09. The van der Waals surface area contributed by atoms with Gasteiger partial charge in [0.15, 0.2) is 0 Å². The topological polar surface area (TPSA) is 40.7 Å². The van der Waals surface area contributed by atoms with Crippen LogP contribution in [-0.4, -0.2) is 22.8 Å². The van der Waals surface area contributed by atoms with Crippen LogP contribution in [0.2, 0.25) is 0 Å². The summed E-state index contributed by atoms with van der Waals surface area (Å²) >= 11 is 0. The number of aromatic nitrogens is 2. The molecule has 3 nitrogen and oxygen atoms in total. The van der Waals surface area contributed by atoms with Gasteiger partial charge in [0.05, 0.1) is 6.20 Å². The van der Waals surface area contributed by atoms with E-state index in [1.807, 2.05) is 6.20 Å². The van der Waals surface area contributed by atoms with E-state index in [1.54, 1.807) is 0 Å². The zero-order chi connectivity index (χ0) is 8.67. The van der Waals surface area contributed by atoms with Gasteiger partial charge in [-0.15, -0.1) is 0 Å². The van der Waals surface area contributed by atoms with Gasteiger partial charge in [-0.2, -0.15) is 5.10 Å². The van der Waals surface area contributed by atoms with Gasteiger partial charge in [0.2, 0.25) is 0 Å². The van der Waals surface area contributed by atoms with Gasteiger partial charge in [-0.05, 0) is 43.7 Å². The lowest BCUT2D eigenvalue weighted by Crippen LogP contribution is -2.45. The molecule has 3 heteroatoms. The van der Waals surface area contributed by atoms with Gasteiger partial charge in [0.25, 0.3) is 0 Å².